The minimum Gasteiger partial charge on any atom is -0.484 e. The topological polar surface area (TPSA) is 105 Å². The molecule has 0 unspecified atom stereocenters. The van der Waals surface area contributed by atoms with Crippen LogP contribution < -0.4 is 15.4 Å². The highest BCUT2D eigenvalue weighted by Gasteiger charge is 2.29. The summed E-state index contributed by atoms with van der Waals surface area (Å²) >= 11 is 0. The number of ether oxygens (including phenoxy) is 1. The van der Waals surface area contributed by atoms with Gasteiger partial charge in [-0.1, -0.05) is 25.3 Å². The minimum atomic E-state index is -3.61. The van der Waals surface area contributed by atoms with Crippen LogP contribution in [-0.2, 0) is 14.8 Å². The SMILES string of the molecule is CCNC(=O)COc1cccc(NC(=O)c2ccc(S(=O)(=O)N(C)C3CCCCC3)cc2)c1. The summed E-state index contributed by atoms with van der Waals surface area (Å²) in [6, 6.07) is 12.7. The van der Waals surface area contributed by atoms with Gasteiger partial charge in [0.05, 0.1) is 4.90 Å². The molecule has 2 aromatic carbocycles. The molecule has 0 spiro atoms. The number of hydrogen-bond acceptors (Lipinski definition) is 5. The Labute approximate surface area is 195 Å². The van der Waals surface area contributed by atoms with Crippen molar-refractivity contribution in [2.75, 3.05) is 25.5 Å². The molecular formula is C24H31N3O5S. The third kappa shape index (κ3) is 6.55. The van der Waals surface area contributed by atoms with Gasteiger partial charge in [-0.15, -0.1) is 0 Å². The van der Waals surface area contributed by atoms with Crippen LogP contribution >= 0.6 is 0 Å². The van der Waals surface area contributed by atoms with Gasteiger partial charge in [-0.2, -0.15) is 4.31 Å². The number of benzene rings is 2. The van der Waals surface area contributed by atoms with Crippen LogP contribution in [0.5, 0.6) is 5.75 Å². The highest BCUT2D eigenvalue weighted by Crippen LogP contribution is 2.26. The Morgan fingerprint density at radius 2 is 1.76 bits per heavy atom. The molecule has 0 saturated heterocycles. The summed E-state index contributed by atoms with van der Waals surface area (Å²) < 4.78 is 32.9. The van der Waals surface area contributed by atoms with E-state index in [4.69, 9.17) is 4.74 Å². The zero-order valence-electron chi connectivity index (χ0n) is 19.0. The zero-order valence-corrected chi connectivity index (χ0v) is 19.9. The maximum absolute atomic E-state index is 13.0. The summed E-state index contributed by atoms with van der Waals surface area (Å²) in [5.74, 6) is -0.150. The number of carbonyl (C=O) groups is 2. The van der Waals surface area contributed by atoms with E-state index >= 15 is 0 Å². The first-order valence-corrected chi connectivity index (χ1v) is 12.6. The Balaban J connectivity index is 1.63. The average Bonchev–Trinajstić information content (AvgIpc) is 2.83. The van der Waals surface area contributed by atoms with Gasteiger partial charge >= 0.3 is 0 Å². The van der Waals surface area contributed by atoms with Gasteiger partial charge in [0.15, 0.2) is 6.61 Å². The summed E-state index contributed by atoms with van der Waals surface area (Å²) in [5, 5.41) is 5.41. The highest BCUT2D eigenvalue weighted by molar-refractivity contribution is 7.89. The monoisotopic (exact) mass is 473 g/mol. The Bertz CT molecular complexity index is 1060. The van der Waals surface area contributed by atoms with E-state index in [0.717, 1.165) is 32.1 Å². The summed E-state index contributed by atoms with van der Waals surface area (Å²) in [7, 11) is -1.98. The largest absolute Gasteiger partial charge is 0.484 e. The molecule has 9 heteroatoms. The smallest absolute Gasteiger partial charge is 0.257 e. The van der Waals surface area contributed by atoms with Crippen molar-refractivity contribution in [3.63, 3.8) is 0 Å². The van der Waals surface area contributed by atoms with Crippen LogP contribution in [0.1, 0.15) is 49.4 Å². The third-order valence-electron chi connectivity index (χ3n) is 5.72. The molecule has 0 radical (unpaired) electrons. The van der Waals surface area contributed by atoms with Crippen LogP contribution in [-0.4, -0.2) is 50.8 Å². The molecule has 33 heavy (non-hydrogen) atoms. The van der Waals surface area contributed by atoms with E-state index in [9.17, 15) is 18.0 Å². The molecular weight excluding hydrogens is 442 g/mol. The Kier molecular flexibility index (Phi) is 8.46. The molecule has 0 aliphatic heterocycles. The second kappa shape index (κ2) is 11.3. The molecule has 0 atom stereocenters. The molecule has 1 aliphatic carbocycles. The molecule has 3 rings (SSSR count). The molecule has 2 N–H and O–H groups in total. The summed E-state index contributed by atoms with van der Waals surface area (Å²) in [4.78, 5) is 24.4. The molecule has 0 heterocycles. The predicted octanol–water partition coefficient (Wildman–Crippen LogP) is 3.41. The second-order valence-corrected chi connectivity index (χ2v) is 10.1. The van der Waals surface area contributed by atoms with Crippen LogP contribution in [0.4, 0.5) is 5.69 Å². The predicted molar refractivity (Wildman–Crippen MR) is 127 cm³/mol. The molecule has 8 nitrogen and oxygen atoms in total. The lowest BCUT2D eigenvalue weighted by Crippen LogP contribution is -2.38. The van der Waals surface area contributed by atoms with Gasteiger partial charge in [-0.25, -0.2) is 8.42 Å². The van der Waals surface area contributed by atoms with E-state index in [1.54, 1.807) is 31.3 Å². The average molecular weight is 474 g/mol. The summed E-state index contributed by atoms with van der Waals surface area (Å²) in [5.41, 5.74) is 0.838. The first kappa shape index (κ1) is 24.7. The molecule has 0 aromatic heterocycles. The minimum absolute atomic E-state index is 0.0225. The number of anilines is 1. The first-order chi connectivity index (χ1) is 15.8. The van der Waals surface area contributed by atoms with Crippen molar-refractivity contribution < 1.29 is 22.7 Å². The van der Waals surface area contributed by atoms with E-state index in [1.807, 2.05) is 6.92 Å². The van der Waals surface area contributed by atoms with Crippen molar-refractivity contribution in [2.24, 2.45) is 0 Å². The van der Waals surface area contributed by atoms with E-state index in [-0.39, 0.29) is 29.4 Å². The molecule has 1 aliphatic rings. The van der Waals surface area contributed by atoms with Crippen molar-refractivity contribution >= 4 is 27.5 Å². The summed E-state index contributed by atoms with van der Waals surface area (Å²) in [6.45, 7) is 2.23. The van der Waals surface area contributed by atoms with E-state index in [2.05, 4.69) is 10.6 Å². The fourth-order valence-corrected chi connectivity index (χ4v) is 5.27. The number of nitrogens with zero attached hydrogens (tertiary/aromatic N) is 1. The van der Waals surface area contributed by atoms with E-state index < -0.39 is 10.0 Å². The van der Waals surface area contributed by atoms with Gasteiger partial charge < -0.3 is 15.4 Å². The zero-order chi connectivity index (χ0) is 23.8. The lowest BCUT2D eigenvalue weighted by Gasteiger charge is -2.30. The second-order valence-electron chi connectivity index (χ2n) is 8.06. The van der Waals surface area contributed by atoms with Gasteiger partial charge in [0, 0.05) is 37.0 Å². The number of hydrogen-bond donors (Lipinski definition) is 2. The van der Waals surface area contributed by atoms with Crippen LogP contribution in [0, 0.1) is 0 Å². The van der Waals surface area contributed by atoms with Crippen molar-refractivity contribution in [2.45, 2.75) is 50.0 Å². The standard InChI is InChI=1S/C24H31N3O5S/c1-3-25-23(28)17-32-21-11-7-8-19(16-21)26-24(29)18-12-14-22(15-13-18)33(30,31)27(2)20-9-5-4-6-10-20/h7-8,11-16,20H,3-6,9-10,17H2,1-2H3,(H,25,28)(H,26,29). The van der Waals surface area contributed by atoms with Crippen molar-refractivity contribution in [3.8, 4) is 5.75 Å². The van der Waals surface area contributed by atoms with Crippen LogP contribution in [0.2, 0.25) is 0 Å². The molecule has 1 saturated carbocycles. The third-order valence-corrected chi connectivity index (χ3v) is 7.64. The lowest BCUT2D eigenvalue weighted by molar-refractivity contribution is -0.122. The number of rotatable bonds is 9. The molecule has 1 fully saturated rings. The highest BCUT2D eigenvalue weighted by atomic mass is 32.2. The van der Waals surface area contributed by atoms with Gasteiger partial charge in [-0.05, 0) is 56.2 Å². The maximum atomic E-state index is 13.0. The maximum Gasteiger partial charge on any atom is 0.257 e. The quantitative estimate of drug-likeness (QED) is 0.581. The molecule has 178 valence electrons. The summed E-state index contributed by atoms with van der Waals surface area (Å²) in [6.07, 6.45) is 4.99. The Morgan fingerprint density at radius 3 is 2.42 bits per heavy atom. The Morgan fingerprint density at radius 1 is 1.06 bits per heavy atom. The number of carbonyl (C=O) groups excluding carboxylic acids is 2. The Hall–Kier alpha value is -2.91. The van der Waals surface area contributed by atoms with Gasteiger partial charge in [0.25, 0.3) is 11.8 Å². The number of likely N-dealkylation sites (N-methyl/N-ethyl adjacent to an activating group) is 1. The van der Waals surface area contributed by atoms with E-state index in [0.29, 0.717) is 23.5 Å². The fraction of sp³-hybridized carbons (Fsp3) is 0.417. The number of sulfonamides is 1. The van der Waals surface area contributed by atoms with Crippen LogP contribution in [0.15, 0.2) is 53.4 Å². The molecule has 2 aromatic rings. The van der Waals surface area contributed by atoms with Crippen LogP contribution in [0.25, 0.3) is 0 Å². The van der Waals surface area contributed by atoms with Crippen molar-refractivity contribution in [1.82, 2.24) is 9.62 Å². The van der Waals surface area contributed by atoms with Gasteiger partial charge in [0.2, 0.25) is 10.0 Å². The lowest BCUT2D eigenvalue weighted by atomic mass is 9.96. The number of amides is 2. The molecule has 0 bridgehead atoms. The number of nitrogens with one attached hydrogen (secondary N) is 2. The van der Waals surface area contributed by atoms with Gasteiger partial charge in [0.1, 0.15) is 5.75 Å². The first-order valence-electron chi connectivity index (χ1n) is 11.2. The van der Waals surface area contributed by atoms with Crippen molar-refractivity contribution in [1.29, 1.82) is 0 Å². The van der Waals surface area contributed by atoms with Crippen LogP contribution in [0.3, 0.4) is 0 Å². The van der Waals surface area contributed by atoms with E-state index in [1.165, 1.54) is 28.6 Å². The fourth-order valence-electron chi connectivity index (χ4n) is 3.85. The normalized spacial score (nSPS) is 14.6. The molecule has 2 amide bonds. The van der Waals surface area contributed by atoms with Gasteiger partial charge in [-0.3, -0.25) is 9.59 Å². The van der Waals surface area contributed by atoms with Crippen molar-refractivity contribution in [3.05, 3.63) is 54.1 Å².